The van der Waals surface area contributed by atoms with Gasteiger partial charge < -0.3 is 5.32 Å². The summed E-state index contributed by atoms with van der Waals surface area (Å²) in [4.78, 5) is 8.75. The summed E-state index contributed by atoms with van der Waals surface area (Å²) >= 11 is 0. The van der Waals surface area contributed by atoms with Crippen LogP contribution in [0.5, 0.6) is 0 Å². The van der Waals surface area contributed by atoms with E-state index in [1.807, 2.05) is 108 Å². The number of nitrogens with one attached hydrogen (secondary N) is 1. The number of anilines is 2. The largest absolute Gasteiger partial charge is 0.324 e. The summed E-state index contributed by atoms with van der Waals surface area (Å²) in [6, 6.07) is 21.9. The van der Waals surface area contributed by atoms with Crippen LogP contribution >= 0.6 is 0 Å². The molecule has 0 saturated carbocycles. The van der Waals surface area contributed by atoms with E-state index in [1.54, 1.807) is 6.20 Å². The predicted molar refractivity (Wildman–Crippen MR) is 127 cm³/mol. The molecule has 0 fully saturated rings. The molecule has 0 atom stereocenters. The van der Waals surface area contributed by atoms with Crippen LogP contribution in [-0.4, -0.2) is 9.97 Å². The van der Waals surface area contributed by atoms with Gasteiger partial charge in [0, 0.05) is 17.4 Å². The highest BCUT2D eigenvalue weighted by Crippen LogP contribution is 2.18. The summed E-state index contributed by atoms with van der Waals surface area (Å²) in [6.07, 6.45) is 3.01. The lowest BCUT2D eigenvalue weighted by molar-refractivity contribution is 1.09. The van der Waals surface area contributed by atoms with Gasteiger partial charge in [-0.2, -0.15) is 0 Å². The first-order valence-corrected chi connectivity index (χ1v) is 10.5. The molecule has 0 bridgehead atoms. The molecule has 3 rings (SSSR count). The highest BCUT2D eigenvalue weighted by atomic mass is 15.1. The number of nitrogens with zero attached hydrogens (tertiary/aromatic N) is 2. The maximum absolute atomic E-state index is 4.52. The molecule has 154 valence electrons. The minimum absolute atomic E-state index is 0.604. The van der Waals surface area contributed by atoms with Crippen LogP contribution < -0.4 is 5.32 Å². The molecule has 2 aromatic carbocycles. The number of hydrogen-bond donors (Lipinski definition) is 1. The zero-order valence-electron chi connectivity index (χ0n) is 19.0. The van der Waals surface area contributed by atoms with Crippen LogP contribution in [0.25, 0.3) is 11.3 Å². The maximum Gasteiger partial charge on any atom is 0.227 e. The van der Waals surface area contributed by atoms with Crippen LogP contribution in [0.4, 0.5) is 11.6 Å². The molecular formula is C25H39N3. The van der Waals surface area contributed by atoms with Gasteiger partial charge in [0.05, 0.1) is 5.69 Å². The summed E-state index contributed by atoms with van der Waals surface area (Å²) in [7, 11) is 0. The fourth-order valence-corrected chi connectivity index (χ4v) is 1.84. The van der Waals surface area contributed by atoms with Gasteiger partial charge in [-0.1, -0.05) is 110 Å². The van der Waals surface area contributed by atoms with Crippen molar-refractivity contribution in [2.45, 2.75) is 61.8 Å². The molecule has 28 heavy (non-hydrogen) atoms. The van der Waals surface area contributed by atoms with E-state index in [1.165, 1.54) is 6.42 Å². The Morgan fingerprint density at radius 1 is 0.679 bits per heavy atom. The van der Waals surface area contributed by atoms with E-state index in [9.17, 15) is 0 Å². The number of aromatic nitrogens is 2. The van der Waals surface area contributed by atoms with Crippen LogP contribution in [0.15, 0.2) is 72.9 Å². The lowest BCUT2D eigenvalue weighted by Gasteiger charge is -2.06. The lowest BCUT2D eigenvalue weighted by atomic mass is 10.1. The molecule has 1 aromatic heterocycles. The molecule has 3 nitrogen and oxygen atoms in total. The van der Waals surface area contributed by atoms with E-state index < -0.39 is 0 Å². The normalized spacial score (nSPS) is 8.14. The van der Waals surface area contributed by atoms with Crippen molar-refractivity contribution >= 4 is 11.6 Å². The third-order valence-corrected chi connectivity index (χ3v) is 2.76. The molecule has 3 aromatic rings. The van der Waals surface area contributed by atoms with E-state index in [4.69, 9.17) is 0 Å². The first-order chi connectivity index (χ1) is 13.8. The fourth-order valence-electron chi connectivity index (χ4n) is 1.84. The minimum atomic E-state index is 0.604. The SMILES string of the molecule is CC.CC.CC.CCC.c1ccc(Nc2nccc(-c3ccccc3)n2)cc1. The van der Waals surface area contributed by atoms with Gasteiger partial charge in [0.1, 0.15) is 0 Å². The van der Waals surface area contributed by atoms with Crippen molar-refractivity contribution in [3.8, 4) is 11.3 Å². The van der Waals surface area contributed by atoms with E-state index in [2.05, 4.69) is 29.1 Å². The Balaban J connectivity index is 0. The van der Waals surface area contributed by atoms with E-state index in [0.29, 0.717) is 5.95 Å². The number of para-hydroxylation sites is 1. The molecule has 0 aliphatic heterocycles. The predicted octanol–water partition coefficient (Wildman–Crippen LogP) is 8.38. The summed E-state index contributed by atoms with van der Waals surface area (Å²) in [5, 5.41) is 3.19. The standard InChI is InChI=1S/C16H13N3.C3H8.3C2H6/c1-3-7-13(8-4-1)15-11-12-17-16(19-15)18-14-9-5-2-6-10-14;1-3-2;3*1-2/h1-12H,(H,17,18,19);3H2,1-2H3;3*1-2H3. The molecule has 0 aliphatic carbocycles. The van der Waals surface area contributed by atoms with Gasteiger partial charge in [-0.05, 0) is 18.2 Å². The van der Waals surface area contributed by atoms with Crippen molar-refractivity contribution in [3.05, 3.63) is 72.9 Å². The van der Waals surface area contributed by atoms with Gasteiger partial charge in [0.2, 0.25) is 5.95 Å². The Morgan fingerprint density at radius 2 is 1.14 bits per heavy atom. The van der Waals surface area contributed by atoms with Crippen LogP contribution in [-0.2, 0) is 0 Å². The number of hydrogen-bond acceptors (Lipinski definition) is 3. The second-order valence-electron chi connectivity index (χ2n) is 4.83. The van der Waals surface area contributed by atoms with Gasteiger partial charge in [-0.15, -0.1) is 0 Å². The fraction of sp³-hybridized carbons (Fsp3) is 0.360. The van der Waals surface area contributed by atoms with Gasteiger partial charge in [0.25, 0.3) is 0 Å². The Hall–Kier alpha value is -2.68. The van der Waals surface area contributed by atoms with E-state index in [-0.39, 0.29) is 0 Å². The van der Waals surface area contributed by atoms with Crippen molar-refractivity contribution in [1.29, 1.82) is 0 Å². The average molecular weight is 382 g/mol. The molecule has 0 amide bonds. The third kappa shape index (κ3) is 11.8. The number of rotatable bonds is 3. The van der Waals surface area contributed by atoms with Crippen molar-refractivity contribution in [2.24, 2.45) is 0 Å². The highest BCUT2D eigenvalue weighted by Gasteiger charge is 2.01. The van der Waals surface area contributed by atoms with E-state index in [0.717, 1.165) is 16.9 Å². The number of benzene rings is 2. The molecular weight excluding hydrogens is 342 g/mol. The minimum Gasteiger partial charge on any atom is -0.324 e. The van der Waals surface area contributed by atoms with Gasteiger partial charge in [-0.25, -0.2) is 9.97 Å². The first-order valence-electron chi connectivity index (χ1n) is 10.5. The quantitative estimate of drug-likeness (QED) is 0.495. The molecule has 1 N–H and O–H groups in total. The second-order valence-corrected chi connectivity index (χ2v) is 4.83. The molecule has 0 spiro atoms. The zero-order valence-corrected chi connectivity index (χ0v) is 19.0. The lowest BCUT2D eigenvalue weighted by Crippen LogP contribution is -1.97. The van der Waals surface area contributed by atoms with Crippen molar-refractivity contribution < 1.29 is 0 Å². The maximum atomic E-state index is 4.52. The van der Waals surface area contributed by atoms with Crippen LogP contribution in [0, 0.1) is 0 Å². The van der Waals surface area contributed by atoms with Gasteiger partial charge in [0.15, 0.2) is 0 Å². The van der Waals surface area contributed by atoms with Gasteiger partial charge in [-0.3, -0.25) is 0 Å². The molecule has 0 unspecified atom stereocenters. The van der Waals surface area contributed by atoms with Crippen molar-refractivity contribution in [1.82, 2.24) is 9.97 Å². The molecule has 3 heteroatoms. The summed E-state index contributed by atoms with van der Waals surface area (Å²) in [5.74, 6) is 0.604. The second kappa shape index (κ2) is 20.6. The summed E-state index contributed by atoms with van der Waals surface area (Å²) in [5.41, 5.74) is 2.97. The summed E-state index contributed by atoms with van der Waals surface area (Å²) in [6.45, 7) is 16.2. The van der Waals surface area contributed by atoms with E-state index >= 15 is 0 Å². The zero-order chi connectivity index (χ0) is 21.6. The smallest absolute Gasteiger partial charge is 0.227 e. The van der Waals surface area contributed by atoms with Crippen LogP contribution in [0.1, 0.15) is 61.8 Å². The third-order valence-electron chi connectivity index (χ3n) is 2.76. The average Bonchev–Trinajstić information content (AvgIpc) is 2.80. The monoisotopic (exact) mass is 381 g/mol. The highest BCUT2D eigenvalue weighted by molar-refractivity contribution is 5.61. The molecule has 0 saturated heterocycles. The topological polar surface area (TPSA) is 37.8 Å². The Labute approximate surface area is 173 Å². The summed E-state index contributed by atoms with van der Waals surface area (Å²) < 4.78 is 0. The first kappa shape index (κ1) is 27.5. The van der Waals surface area contributed by atoms with Crippen molar-refractivity contribution in [2.75, 3.05) is 5.32 Å². The van der Waals surface area contributed by atoms with Crippen LogP contribution in [0.2, 0.25) is 0 Å². The molecule has 1 heterocycles. The van der Waals surface area contributed by atoms with Crippen molar-refractivity contribution in [3.63, 3.8) is 0 Å². The Morgan fingerprint density at radius 3 is 1.64 bits per heavy atom. The molecule has 0 aliphatic rings. The molecule has 0 radical (unpaired) electrons. The van der Waals surface area contributed by atoms with Gasteiger partial charge >= 0.3 is 0 Å². The Bertz CT molecular complexity index is 668. The Kier molecular flexibility index (Phi) is 20.3. The van der Waals surface area contributed by atoms with Crippen LogP contribution in [0.3, 0.4) is 0 Å².